The van der Waals surface area contributed by atoms with Crippen molar-refractivity contribution in [2.75, 3.05) is 33.0 Å². The molecule has 0 saturated heterocycles. The van der Waals surface area contributed by atoms with Gasteiger partial charge in [0, 0.05) is 37.7 Å². The largest absolute Gasteiger partial charge is 0.508 e. The fraction of sp³-hybridized carbons (Fsp3) is 0.538. The maximum Gasteiger partial charge on any atom is 0.410 e. The van der Waals surface area contributed by atoms with Crippen LogP contribution in [0.3, 0.4) is 0 Å². The van der Waals surface area contributed by atoms with Gasteiger partial charge in [0.15, 0.2) is 0 Å². The lowest BCUT2D eigenvalue weighted by Crippen LogP contribution is -2.70. The summed E-state index contributed by atoms with van der Waals surface area (Å²) in [6, 6.07) is 10.3. The van der Waals surface area contributed by atoms with E-state index in [-0.39, 0.29) is 68.7 Å². The van der Waals surface area contributed by atoms with E-state index in [1.165, 1.54) is 12.1 Å². The Labute approximate surface area is 294 Å². The van der Waals surface area contributed by atoms with E-state index in [9.17, 15) is 24.5 Å². The van der Waals surface area contributed by atoms with Crippen LogP contribution in [0.2, 0.25) is 0 Å². The molecule has 0 bridgehead atoms. The molecule has 0 radical (unpaired) electrons. The van der Waals surface area contributed by atoms with Crippen molar-refractivity contribution in [2.24, 2.45) is 22.9 Å². The molecule has 6 atom stereocenters. The average molecular weight is 695 g/mol. The summed E-state index contributed by atoms with van der Waals surface area (Å²) in [5.41, 5.74) is 3.08. The number of allylic oxidation sites excluding steroid dienone is 1. The number of carbonyl (C=O) groups is 1. The van der Waals surface area contributed by atoms with Crippen LogP contribution in [0.25, 0.3) is 0 Å². The fourth-order valence-electron chi connectivity index (χ4n) is 8.10. The number of fused-ring (bicyclic) bond motifs is 2. The van der Waals surface area contributed by atoms with Crippen molar-refractivity contribution >= 4 is 11.8 Å². The van der Waals surface area contributed by atoms with Crippen LogP contribution in [0.4, 0.5) is 9.18 Å². The zero-order valence-electron chi connectivity index (χ0n) is 29.1. The zero-order valence-corrected chi connectivity index (χ0v) is 29.1. The summed E-state index contributed by atoms with van der Waals surface area (Å²) < 4.78 is 33.6. The number of amides is 1. The minimum absolute atomic E-state index is 0.0328. The Morgan fingerprint density at radius 3 is 2.50 bits per heavy atom. The van der Waals surface area contributed by atoms with E-state index in [4.69, 9.17) is 19.0 Å². The maximum atomic E-state index is 14.0. The van der Waals surface area contributed by atoms with Crippen molar-refractivity contribution in [3.05, 3.63) is 83.7 Å². The predicted octanol–water partition coefficient (Wildman–Crippen LogP) is 6.84. The molecule has 3 N–H and O–H groups in total. The number of rotatable bonds is 17. The second-order valence-corrected chi connectivity index (χ2v) is 13.2. The molecule has 1 heterocycles. The molecule has 10 nitrogen and oxygen atoms in total. The number of benzene rings is 2. The summed E-state index contributed by atoms with van der Waals surface area (Å²) in [5, 5.41) is 34.9. The van der Waals surface area contributed by atoms with Crippen molar-refractivity contribution < 1.29 is 43.6 Å². The summed E-state index contributed by atoms with van der Waals surface area (Å²) in [6.45, 7) is 8.38. The van der Waals surface area contributed by atoms with Crippen molar-refractivity contribution in [3.63, 3.8) is 0 Å². The number of unbranched alkanes of at least 4 members (excludes halogenated alkanes) is 2. The SMILES string of the molecule is C=CCO[C@@]12Oc3ccc(O)cc3[C@H]3[C@H](CCCCO)[C@@H](CCCCO)C=C(C(=NOCC)C[C@@H]1N(Cc1ccc(F)cc1)C(=O)OCC)[C@H]32. The Hall–Kier alpha value is -3.93. The second kappa shape index (κ2) is 17.3. The van der Waals surface area contributed by atoms with Crippen LogP contribution in [0.1, 0.15) is 75.8 Å². The van der Waals surface area contributed by atoms with Gasteiger partial charge in [-0.1, -0.05) is 42.3 Å². The smallest absolute Gasteiger partial charge is 0.410 e. The van der Waals surface area contributed by atoms with E-state index >= 15 is 0 Å². The summed E-state index contributed by atoms with van der Waals surface area (Å²) in [4.78, 5) is 21.4. The number of hydrogen-bond donors (Lipinski definition) is 3. The number of hydrogen-bond acceptors (Lipinski definition) is 9. The molecule has 1 aliphatic heterocycles. The topological polar surface area (TPSA) is 130 Å². The van der Waals surface area contributed by atoms with Gasteiger partial charge in [0.1, 0.15) is 30.0 Å². The van der Waals surface area contributed by atoms with Gasteiger partial charge in [-0.25, -0.2) is 9.18 Å². The van der Waals surface area contributed by atoms with E-state index < -0.39 is 23.8 Å². The van der Waals surface area contributed by atoms with Crippen molar-refractivity contribution in [3.8, 4) is 11.5 Å². The van der Waals surface area contributed by atoms with Crippen LogP contribution < -0.4 is 4.74 Å². The number of aliphatic hydroxyl groups excluding tert-OH is 2. The van der Waals surface area contributed by atoms with Gasteiger partial charge < -0.3 is 34.4 Å². The molecule has 0 spiro atoms. The lowest BCUT2D eigenvalue weighted by Gasteiger charge is -2.59. The van der Waals surface area contributed by atoms with Gasteiger partial charge in [-0.15, -0.1) is 6.58 Å². The maximum absolute atomic E-state index is 14.0. The first kappa shape index (κ1) is 37.3. The standard InChI is InChI=1S/C39H51FN2O8/c1-4-21-48-39-35(42(38(46)47-5-2)25-26-13-15-28(40)16-14-26)24-33(41-49-6-3)31-22-27(11-7-9-19-43)30(12-8-10-20-44)36(37(31)39)32-23-29(45)17-18-34(32)50-39/h4,13-18,22-23,27,30,35-37,43-45H,1,5-12,19-21,24-25H2,2-3H3/t27-,30+,35-,36+,37+,39+/m0/s1. The van der Waals surface area contributed by atoms with Crippen molar-refractivity contribution in [2.45, 2.75) is 83.1 Å². The Kier molecular flexibility index (Phi) is 12.9. The van der Waals surface area contributed by atoms with E-state index in [0.29, 0.717) is 36.5 Å². The molecule has 0 unspecified atom stereocenters. The van der Waals surface area contributed by atoms with Gasteiger partial charge >= 0.3 is 6.09 Å². The lowest BCUT2D eigenvalue weighted by molar-refractivity contribution is -0.256. The highest BCUT2D eigenvalue weighted by molar-refractivity contribution is 6.02. The Balaban J connectivity index is 1.77. The molecule has 2 aliphatic carbocycles. The van der Waals surface area contributed by atoms with E-state index in [1.807, 2.05) is 6.92 Å². The monoisotopic (exact) mass is 694 g/mol. The highest BCUT2D eigenvalue weighted by atomic mass is 19.1. The molecule has 1 amide bonds. The number of nitrogens with zero attached hydrogens (tertiary/aromatic N) is 2. The van der Waals surface area contributed by atoms with Crippen LogP contribution in [-0.2, 0) is 20.9 Å². The number of aliphatic hydroxyl groups is 2. The summed E-state index contributed by atoms with van der Waals surface area (Å²) in [7, 11) is 0. The first-order valence-corrected chi connectivity index (χ1v) is 17.9. The minimum Gasteiger partial charge on any atom is -0.508 e. The van der Waals surface area contributed by atoms with E-state index in [2.05, 4.69) is 17.8 Å². The molecule has 2 aromatic carbocycles. The summed E-state index contributed by atoms with van der Waals surface area (Å²) >= 11 is 0. The molecular weight excluding hydrogens is 643 g/mol. The van der Waals surface area contributed by atoms with Crippen molar-refractivity contribution in [1.29, 1.82) is 0 Å². The first-order valence-electron chi connectivity index (χ1n) is 17.9. The Morgan fingerprint density at radius 1 is 1.08 bits per heavy atom. The number of oxime groups is 1. The number of phenolic OH excluding ortho intramolecular Hbond substituents is 1. The molecule has 1 fully saturated rings. The summed E-state index contributed by atoms with van der Waals surface area (Å²) in [6.07, 6.45) is 8.04. The minimum atomic E-state index is -1.46. The number of ether oxygens (including phenoxy) is 3. The van der Waals surface area contributed by atoms with Gasteiger partial charge in [0.25, 0.3) is 0 Å². The molecule has 272 valence electrons. The third-order valence-electron chi connectivity index (χ3n) is 10.1. The molecule has 11 heteroatoms. The van der Waals surface area contributed by atoms with Crippen LogP contribution >= 0.6 is 0 Å². The molecular formula is C39H51FN2O8. The zero-order chi connectivity index (χ0) is 35.7. The Bertz CT molecular complexity index is 1510. The third-order valence-corrected chi connectivity index (χ3v) is 10.1. The van der Waals surface area contributed by atoms with Gasteiger partial charge in [-0.05, 0) is 92.8 Å². The number of phenols is 1. The quantitative estimate of drug-likeness (QED) is 0.0933. The van der Waals surface area contributed by atoms with Gasteiger partial charge in [-0.3, -0.25) is 4.90 Å². The number of halogens is 1. The molecule has 2 aromatic rings. The second-order valence-electron chi connectivity index (χ2n) is 13.2. The van der Waals surface area contributed by atoms with Crippen molar-refractivity contribution in [1.82, 2.24) is 4.90 Å². The number of carbonyl (C=O) groups excluding carboxylic acids is 1. The van der Waals surface area contributed by atoms with E-state index in [1.54, 1.807) is 48.2 Å². The first-order chi connectivity index (χ1) is 24.3. The normalized spacial score (nSPS) is 25.9. The Morgan fingerprint density at radius 2 is 1.82 bits per heavy atom. The van der Waals surface area contributed by atoms with Crippen LogP contribution in [-0.4, -0.2) is 76.9 Å². The fourth-order valence-corrected chi connectivity index (χ4v) is 8.10. The lowest BCUT2D eigenvalue weighted by atomic mass is 9.55. The highest BCUT2D eigenvalue weighted by Gasteiger charge is 2.65. The van der Waals surface area contributed by atoms with E-state index in [0.717, 1.165) is 36.8 Å². The van der Waals surface area contributed by atoms with Crippen LogP contribution in [0.5, 0.6) is 11.5 Å². The van der Waals surface area contributed by atoms with Gasteiger partial charge in [0.2, 0.25) is 5.79 Å². The third kappa shape index (κ3) is 7.85. The summed E-state index contributed by atoms with van der Waals surface area (Å²) in [5.74, 6) is -1.85. The predicted molar refractivity (Wildman–Crippen MR) is 187 cm³/mol. The van der Waals surface area contributed by atoms with Crippen LogP contribution in [0.15, 0.2) is 71.9 Å². The van der Waals surface area contributed by atoms with Gasteiger partial charge in [0.05, 0.1) is 24.8 Å². The highest BCUT2D eigenvalue weighted by Crippen LogP contribution is 2.62. The average Bonchev–Trinajstić information content (AvgIpc) is 3.11. The number of aromatic hydroxyl groups is 1. The van der Waals surface area contributed by atoms with Gasteiger partial charge in [-0.2, -0.15) is 0 Å². The molecule has 50 heavy (non-hydrogen) atoms. The molecule has 3 aliphatic rings. The van der Waals surface area contributed by atoms with Crippen LogP contribution in [0, 0.1) is 23.6 Å². The molecule has 5 rings (SSSR count). The molecule has 0 aromatic heterocycles. The molecule has 1 saturated carbocycles.